The number of likely N-dealkylation sites (N-methyl/N-ethyl adjacent to an activating group) is 1. The van der Waals surface area contributed by atoms with Crippen molar-refractivity contribution in [1.82, 2.24) is 0 Å². The molecular weight excluding hydrogens is 594 g/mol. The van der Waals surface area contributed by atoms with Crippen molar-refractivity contribution in [2.24, 2.45) is 0 Å². The van der Waals surface area contributed by atoms with Gasteiger partial charge < -0.3 is 28.6 Å². The first-order valence-corrected chi connectivity index (χ1v) is 18.9. The van der Waals surface area contributed by atoms with E-state index in [0.29, 0.717) is 12.8 Å². The lowest BCUT2D eigenvalue weighted by Crippen LogP contribution is -2.55. The van der Waals surface area contributed by atoms with Crippen LogP contribution in [-0.4, -0.2) is 75.5 Å². The van der Waals surface area contributed by atoms with Gasteiger partial charge in [0.1, 0.15) is 12.6 Å². The topological polar surface area (TPSA) is 102 Å². The highest BCUT2D eigenvalue weighted by molar-refractivity contribution is 5.70. The van der Waals surface area contributed by atoms with E-state index in [1.807, 2.05) is 0 Å². The Balaban J connectivity index is 4.46. The largest absolute Gasteiger partial charge is 0.544 e. The monoisotopic (exact) mass is 666 g/mol. The lowest BCUT2D eigenvalue weighted by Gasteiger charge is -2.34. The molecule has 2 unspecified atom stereocenters. The van der Waals surface area contributed by atoms with Gasteiger partial charge in [-0.3, -0.25) is 9.59 Å². The normalized spacial score (nSPS) is 13.3. The molecule has 0 aliphatic heterocycles. The molecule has 0 heterocycles. The van der Waals surface area contributed by atoms with E-state index < -0.39 is 18.1 Å². The Bertz CT molecular complexity index is 834. The molecule has 0 spiro atoms. The first kappa shape index (κ1) is 44.8. The molecule has 0 saturated heterocycles. The zero-order valence-electron chi connectivity index (χ0n) is 30.9. The number of allylic oxidation sites excluding steroid dienone is 4. The van der Waals surface area contributed by atoms with Gasteiger partial charge in [0, 0.05) is 19.3 Å². The standard InChI is InChI=1S/C39H71NO7/c1-6-8-10-12-14-16-18-20-22-24-26-28-30-38(42)47-35(33-45-32-31-36(39(43)44)40(3,4)5)34-46-37(41)29-27-25-23-21-19-17-15-13-11-9-7-2/h13-16,35-36H,6-12,17-34H2,1-5H3/b15-13+,16-14+. The summed E-state index contributed by atoms with van der Waals surface area (Å²) < 4.78 is 17.0. The molecule has 8 heteroatoms. The molecule has 0 amide bonds. The molecule has 47 heavy (non-hydrogen) atoms. The van der Waals surface area contributed by atoms with E-state index in [0.717, 1.165) is 64.2 Å². The third-order valence-corrected chi connectivity index (χ3v) is 8.31. The van der Waals surface area contributed by atoms with Crippen LogP contribution in [0.2, 0.25) is 0 Å². The van der Waals surface area contributed by atoms with Crippen molar-refractivity contribution in [1.29, 1.82) is 0 Å². The molecule has 0 aromatic heterocycles. The van der Waals surface area contributed by atoms with E-state index in [2.05, 4.69) is 38.2 Å². The van der Waals surface area contributed by atoms with E-state index >= 15 is 0 Å². The third kappa shape index (κ3) is 29.7. The molecule has 0 radical (unpaired) electrons. The molecule has 0 aromatic rings. The summed E-state index contributed by atoms with van der Waals surface area (Å²) in [5, 5.41) is 11.6. The van der Waals surface area contributed by atoms with Gasteiger partial charge in [-0.25, -0.2) is 0 Å². The zero-order chi connectivity index (χ0) is 35.0. The van der Waals surface area contributed by atoms with Crippen LogP contribution in [0.5, 0.6) is 0 Å². The number of nitrogens with zero attached hydrogens (tertiary/aromatic N) is 1. The molecule has 2 atom stereocenters. The predicted molar refractivity (Wildman–Crippen MR) is 190 cm³/mol. The highest BCUT2D eigenvalue weighted by Gasteiger charge is 2.25. The molecule has 0 aliphatic rings. The van der Waals surface area contributed by atoms with Crippen LogP contribution in [0.1, 0.15) is 155 Å². The summed E-state index contributed by atoms with van der Waals surface area (Å²) in [6.07, 6.45) is 30.5. The molecule has 0 rings (SSSR count). The van der Waals surface area contributed by atoms with Gasteiger partial charge in [0.25, 0.3) is 0 Å². The van der Waals surface area contributed by atoms with Crippen molar-refractivity contribution in [3.63, 3.8) is 0 Å². The number of carbonyl (C=O) groups excluding carboxylic acids is 3. The van der Waals surface area contributed by atoms with Crippen LogP contribution in [0, 0.1) is 0 Å². The number of esters is 2. The Hall–Kier alpha value is -2.19. The SMILES string of the molecule is CCCC/C=C/CCCCCCCC(=O)OCC(COCCC(C(=O)[O-])[N+](C)(C)C)OC(=O)CCCCCCC/C=C/CCCCC. The first-order valence-electron chi connectivity index (χ1n) is 18.9. The molecule has 0 N–H and O–H groups in total. The van der Waals surface area contributed by atoms with Crippen molar-refractivity contribution in [2.75, 3.05) is 41.0 Å². The summed E-state index contributed by atoms with van der Waals surface area (Å²) in [6.45, 7) is 4.56. The van der Waals surface area contributed by atoms with Crippen molar-refractivity contribution in [3.05, 3.63) is 24.3 Å². The number of carboxylic acid groups (broad SMARTS) is 1. The van der Waals surface area contributed by atoms with Gasteiger partial charge >= 0.3 is 11.9 Å². The second-order valence-electron chi connectivity index (χ2n) is 13.8. The van der Waals surface area contributed by atoms with Gasteiger partial charge in [0.05, 0.1) is 40.3 Å². The number of hydrogen-bond acceptors (Lipinski definition) is 7. The Kier molecular flexibility index (Phi) is 29.7. The molecular formula is C39H71NO7. The predicted octanol–water partition coefficient (Wildman–Crippen LogP) is 8.02. The summed E-state index contributed by atoms with van der Waals surface area (Å²) in [6, 6.07) is -0.724. The van der Waals surface area contributed by atoms with E-state index in [1.165, 1.54) is 57.8 Å². The Morgan fingerprint density at radius 1 is 0.617 bits per heavy atom. The number of unbranched alkanes of at least 4 members (excludes halogenated alkanes) is 15. The van der Waals surface area contributed by atoms with E-state index in [1.54, 1.807) is 21.1 Å². The van der Waals surface area contributed by atoms with Gasteiger partial charge in [-0.05, 0) is 57.8 Å². The summed E-state index contributed by atoms with van der Waals surface area (Å²) >= 11 is 0. The molecule has 8 nitrogen and oxygen atoms in total. The molecule has 0 aliphatic carbocycles. The van der Waals surface area contributed by atoms with E-state index in [-0.39, 0.29) is 42.7 Å². The van der Waals surface area contributed by atoms with Crippen molar-refractivity contribution in [3.8, 4) is 0 Å². The Labute approximate surface area is 288 Å². The van der Waals surface area contributed by atoms with Crippen LogP contribution in [0.15, 0.2) is 24.3 Å². The molecule has 274 valence electrons. The number of aliphatic carboxylic acids is 1. The second-order valence-corrected chi connectivity index (χ2v) is 13.8. The van der Waals surface area contributed by atoms with Crippen LogP contribution in [0.25, 0.3) is 0 Å². The van der Waals surface area contributed by atoms with E-state index in [9.17, 15) is 19.5 Å². The molecule has 0 fully saturated rings. The molecule has 0 aromatic carbocycles. The van der Waals surface area contributed by atoms with Crippen LogP contribution in [0.4, 0.5) is 0 Å². The summed E-state index contributed by atoms with van der Waals surface area (Å²) in [7, 11) is 5.39. The number of hydrogen-bond donors (Lipinski definition) is 0. The minimum atomic E-state index is -1.13. The van der Waals surface area contributed by atoms with Crippen molar-refractivity contribution >= 4 is 17.9 Å². The fourth-order valence-corrected chi connectivity index (χ4v) is 5.28. The molecule has 0 saturated carbocycles. The fourth-order valence-electron chi connectivity index (χ4n) is 5.28. The van der Waals surface area contributed by atoms with Crippen LogP contribution < -0.4 is 5.11 Å². The highest BCUT2D eigenvalue weighted by Crippen LogP contribution is 2.12. The lowest BCUT2D eigenvalue weighted by atomic mass is 10.1. The van der Waals surface area contributed by atoms with Gasteiger partial charge in [0.2, 0.25) is 0 Å². The minimum Gasteiger partial charge on any atom is -0.544 e. The van der Waals surface area contributed by atoms with Gasteiger partial charge in [-0.15, -0.1) is 0 Å². The van der Waals surface area contributed by atoms with Crippen molar-refractivity contribution in [2.45, 2.75) is 167 Å². The number of ether oxygens (including phenoxy) is 3. The van der Waals surface area contributed by atoms with Crippen molar-refractivity contribution < 1.29 is 38.2 Å². The van der Waals surface area contributed by atoms with Gasteiger partial charge in [-0.2, -0.15) is 0 Å². The second kappa shape index (κ2) is 31.1. The number of carboxylic acids is 1. The lowest BCUT2D eigenvalue weighted by molar-refractivity contribution is -0.889. The Morgan fingerprint density at radius 2 is 1.09 bits per heavy atom. The number of carbonyl (C=O) groups is 3. The summed E-state index contributed by atoms with van der Waals surface area (Å²) in [4.78, 5) is 36.6. The van der Waals surface area contributed by atoms with E-state index in [4.69, 9.17) is 14.2 Å². The fraction of sp³-hybridized carbons (Fsp3) is 0.821. The summed E-state index contributed by atoms with van der Waals surface area (Å²) in [5.74, 6) is -1.76. The number of rotatable bonds is 33. The maximum atomic E-state index is 12.6. The van der Waals surface area contributed by atoms with Gasteiger partial charge in [0.15, 0.2) is 6.10 Å². The minimum absolute atomic E-state index is 0.0365. The maximum absolute atomic E-state index is 12.6. The average Bonchev–Trinajstić information content (AvgIpc) is 3.01. The van der Waals surface area contributed by atoms with Crippen LogP contribution in [-0.2, 0) is 28.6 Å². The average molecular weight is 666 g/mol. The quantitative estimate of drug-likeness (QED) is 0.0303. The van der Waals surface area contributed by atoms with Gasteiger partial charge in [-0.1, -0.05) is 102 Å². The maximum Gasteiger partial charge on any atom is 0.306 e. The zero-order valence-corrected chi connectivity index (χ0v) is 30.9. The van der Waals surface area contributed by atoms with Crippen LogP contribution in [0.3, 0.4) is 0 Å². The highest BCUT2D eigenvalue weighted by atomic mass is 16.6. The smallest absolute Gasteiger partial charge is 0.306 e. The number of quaternary nitrogens is 1. The first-order chi connectivity index (χ1) is 22.6. The van der Waals surface area contributed by atoms with Crippen LogP contribution >= 0.6 is 0 Å². The Morgan fingerprint density at radius 3 is 1.60 bits per heavy atom. The third-order valence-electron chi connectivity index (χ3n) is 8.31. The molecule has 0 bridgehead atoms. The summed E-state index contributed by atoms with van der Waals surface area (Å²) in [5.41, 5.74) is 0.